The van der Waals surface area contributed by atoms with Crippen molar-refractivity contribution in [2.45, 2.75) is 51.7 Å². The van der Waals surface area contributed by atoms with Gasteiger partial charge in [-0.3, -0.25) is 9.59 Å². The molecule has 2 aromatic rings. The number of carbonyl (C=O) groups excluding carboxylic acids is 2. The van der Waals surface area contributed by atoms with Gasteiger partial charge in [0.25, 0.3) is 11.8 Å². The molecule has 1 saturated heterocycles. The van der Waals surface area contributed by atoms with Crippen LogP contribution in [-0.4, -0.2) is 37.2 Å². The average molecular weight is 411 g/mol. The van der Waals surface area contributed by atoms with Crippen LogP contribution in [0.4, 0.5) is 5.69 Å². The third-order valence-corrected chi connectivity index (χ3v) is 5.17. The molecule has 3 rings (SSSR count). The Morgan fingerprint density at radius 2 is 1.83 bits per heavy atom. The van der Waals surface area contributed by atoms with E-state index in [0.29, 0.717) is 29.5 Å². The van der Waals surface area contributed by atoms with Crippen LogP contribution in [-0.2, 0) is 9.53 Å². The molecule has 1 heterocycles. The van der Waals surface area contributed by atoms with E-state index < -0.39 is 6.10 Å². The SMILES string of the molecule is CC(C)c1ccc(O[C@H](C)C(=O)Nc2ccccc2C(=O)NC[C@H]2CCCO2)cc1. The molecular weight excluding hydrogens is 380 g/mol. The molecule has 0 spiro atoms. The van der Waals surface area contributed by atoms with E-state index in [2.05, 4.69) is 24.5 Å². The van der Waals surface area contributed by atoms with E-state index in [1.807, 2.05) is 24.3 Å². The van der Waals surface area contributed by atoms with Crippen molar-refractivity contribution in [1.29, 1.82) is 0 Å². The molecule has 6 nitrogen and oxygen atoms in total. The standard InChI is InChI=1S/C24H30N2O4/c1-16(2)18-10-12-19(13-11-18)30-17(3)23(27)26-22-9-5-4-8-21(22)24(28)25-15-20-7-6-14-29-20/h4-5,8-13,16-17,20H,6-7,14-15H2,1-3H3,(H,25,28)(H,26,27)/t17-,20-/m1/s1. The van der Waals surface area contributed by atoms with E-state index >= 15 is 0 Å². The Labute approximate surface area is 178 Å². The zero-order valence-electron chi connectivity index (χ0n) is 17.8. The Balaban J connectivity index is 1.59. The molecule has 2 N–H and O–H groups in total. The van der Waals surface area contributed by atoms with Crippen LogP contribution in [0.25, 0.3) is 0 Å². The average Bonchev–Trinajstić information content (AvgIpc) is 3.26. The Bertz CT molecular complexity index is 858. The van der Waals surface area contributed by atoms with Crippen LogP contribution >= 0.6 is 0 Å². The second kappa shape index (κ2) is 10.3. The van der Waals surface area contributed by atoms with Crippen LogP contribution in [0.5, 0.6) is 5.75 Å². The molecule has 6 heteroatoms. The van der Waals surface area contributed by atoms with Gasteiger partial charge in [-0.15, -0.1) is 0 Å². The predicted octanol–water partition coefficient (Wildman–Crippen LogP) is 4.12. The van der Waals surface area contributed by atoms with Crippen LogP contribution in [0.1, 0.15) is 55.5 Å². The molecule has 1 fully saturated rings. The van der Waals surface area contributed by atoms with Crippen molar-refractivity contribution in [2.24, 2.45) is 0 Å². The van der Waals surface area contributed by atoms with Crippen LogP contribution in [0, 0.1) is 0 Å². The van der Waals surface area contributed by atoms with Gasteiger partial charge in [-0.05, 0) is 55.5 Å². The highest BCUT2D eigenvalue weighted by molar-refractivity contribution is 6.04. The zero-order valence-corrected chi connectivity index (χ0v) is 17.8. The molecule has 0 bridgehead atoms. The Morgan fingerprint density at radius 3 is 2.50 bits per heavy atom. The van der Waals surface area contributed by atoms with Crippen LogP contribution in [0.3, 0.4) is 0 Å². The Kier molecular flexibility index (Phi) is 7.46. The van der Waals surface area contributed by atoms with Gasteiger partial charge in [0, 0.05) is 13.2 Å². The summed E-state index contributed by atoms with van der Waals surface area (Å²) < 4.78 is 11.3. The lowest BCUT2D eigenvalue weighted by Crippen LogP contribution is -2.34. The number of rotatable bonds is 8. The quantitative estimate of drug-likeness (QED) is 0.686. The number of anilines is 1. The fraction of sp³-hybridized carbons (Fsp3) is 0.417. The molecular formula is C24H30N2O4. The lowest BCUT2D eigenvalue weighted by molar-refractivity contribution is -0.122. The van der Waals surface area contributed by atoms with Crippen molar-refractivity contribution in [3.05, 3.63) is 59.7 Å². The third-order valence-electron chi connectivity index (χ3n) is 5.17. The zero-order chi connectivity index (χ0) is 21.5. The summed E-state index contributed by atoms with van der Waals surface area (Å²) in [6, 6.07) is 14.7. The number of hydrogen-bond acceptors (Lipinski definition) is 4. The smallest absolute Gasteiger partial charge is 0.265 e. The minimum absolute atomic E-state index is 0.0613. The summed E-state index contributed by atoms with van der Waals surface area (Å²) in [5.74, 6) is 0.508. The Morgan fingerprint density at radius 1 is 1.10 bits per heavy atom. The first-order chi connectivity index (χ1) is 14.4. The third kappa shape index (κ3) is 5.83. The molecule has 0 saturated carbocycles. The molecule has 0 aromatic heterocycles. The summed E-state index contributed by atoms with van der Waals surface area (Å²) in [5, 5.41) is 5.70. The summed E-state index contributed by atoms with van der Waals surface area (Å²) in [7, 11) is 0. The van der Waals surface area contributed by atoms with E-state index in [1.165, 1.54) is 5.56 Å². The van der Waals surface area contributed by atoms with Gasteiger partial charge in [0.2, 0.25) is 0 Å². The number of nitrogens with one attached hydrogen (secondary N) is 2. The maximum Gasteiger partial charge on any atom is 0.265 e. The van der Waals surface area contributed by atoms with Gasteiger partial charge in [-0.1, -0.05) is 38.1 Å². The van der Waals surface area contributed by atoms with Gasteiger partial charge >= 0.3 is 0 Å². The highest BCUT2D eigenvalue weighted by atomic mass is 16.5. The molecule has 0 radical (unpaired) electrons. The van der Waals surface area contributed by atoms with Crippen molar-refractivity contribution in [3.63, 3.8) is 0 Å². The largest absolute Gasteiger partial charge is 0.481 e. The molecule has 30 heavy (non-hydrogen) atoms. The first kappa shape index (κ1) is 21.8. The lowest BCUT2D eigenvalue weighted by Gasteiger charge is -2.17. The highest BCUT2D eigenvalue weighted by Crippen LogP contribution is 2.21. The lowest BCUT2D eigenvalue weighted by atomic mass is 10.0. The number of para-hydroxylation sites is 1. The maximum atomic E-state index is 12.6. The first-order valence-electron chi connectivity index (χ1n) is 10.5. The van der Waals surface area contributed by atoms with Gasteiger partial charge in [0.15, 0.2) is 6.10 Å². The van der Waals surface area contributed by atoms with E-state index in [4.69, 9.17) is 9.47 Å². The van der Waals surface area contributed by atoms with Gasteiger partial charge in [-0.25, -0.2) is 0 Å². The van der Waals surface area contributed by atoms with Crippen molar-refractivity contribution >= 4 is 17.5 Å². The van der Waals surface area contributed by atoms with E-state index in [0.717, 1.165) is 19.4 Å². The molecule has 160 valence electrons. The maximum absolute atomic E-state index is 12.6. The van der Waals surface area contributed by atoms with Gasteiger partial charge in [0.1, 0.15) is 5.75 Å². The number of hydrogen-bond donors (Lipinski definition) is 2. The number of amides is 2. The fourth-order valence-electron chi connectivity index (χ4n) is 3.32. The van der Waals surface area contributed by atoms with Crippen LogP contribution < -0.4 is 15.4 Å². The van der Waals surface area contributed by atoms with Crippen LogP contribution in [0.2, 0.25) is 0 Å². The van der Waals surface area contributed by atoms with Crippen molar-refractivity contribution in [2.75, 3.05) is 18.5 Å². The van der Waals surface area contributed by atoms with Crippen molar-refractivity contribution in [3.8, 4) is 5.75 Å². The second-order valence-corrected chi connectivity index (χ2v) is 7.86. The summed E-state index contributed by atoms with van der Waals surface area (Å²) >= 11 is 0. The summed E-state index contributed by atoms with van der Waals surface area (Å²) in [6.07, 6.45) is 1.32. The second-order valence-electron chi connectivity index (χ2n) is 7.86. The summed E-state index contributed by atoms with van der Waals surface area (Å²) in [4.78, 5) is 25.2. The monoisotopic (exact) mass is 410 g/mol. The summed E-state index contributed by atoms with van der Waals surface area (Å²) in [6.45, 7) is 7.14. The minimum Gasteiger partial charge on any atom is -0.481 e. The molecule has 2 atom stereocenters. The van der Waals surface area contributed by atoms with Crippen molar-refractivity contribution < 1.29 is 19.1 Å². The molecule has 1 aliphatic heterocycles. The fourth-order valence-corrected chi connectivity index (χ4v) is 3.32. The topological polar surface area (TPSA) is 76.7 Å². The summed E-state index contributed by atoms with van der Waals surface area (Å²) in [5.41, 5.74) is 2.08. The number of ether oxygens (including phenoxy) is 2. The molecule has 2 amide bonds. The molecule has 2 aromatic carbocycles. The Hall–Kier alpha value is -2.86. The van der Waals surface area contributed by atoms with E-state index in [-0.39, 0.29) is 17.9 Å². The number of carbonyl (C=O) groups is 2. The van der Waals surface area contributed by atoms with Gasteiger partial charge < -0.3 is 20.1 Å². The number of benzene rings is 2. The van der Waals surface area contributed by atoms with E-state index in [9.17, 15) is 9.59 Å². The van der Waals surface area contributed by atoms with Gasteiger partial charge in [-0.2, -0.15) is 0 Å². The normalized spacial score (nSPS) is 16.9. The molecule has 0 unspecified atom stereocenters. The van der Waals surface area contributed by atoms with Crippen LogP contribution in [0.15, 0.2) is 48.5 Å². The first-order valence-corrected chi connectivity index (χ1v) is 10.5. The predicted molar refractivity (Wildman–Crippen MR) is 117 cm³/mol. The van der Waals surface area contributed by atoms with Gasteiger partial charge in [0.05, 0.1) is 17.4 Å². The molecule has 0 aliphatic carbocycles. The van der Waals surface area contributed by atoms with Crippen molar-refractivity contribution in [1.82, 2.24) is 5.32 Å². The minimum atomic E-state index is -0.710. The molecule has 1 aliphatic rings. The highest BCUT2D eigenvalue weighted by Gasteiger charge is 2.20. The van der Waals surface area contributed by atoms with E-state index in [1.54, 1.807) is 31.2 Å².